The van der Waals surface area contributed by atoms with E-state index in [1.165, 1.54) is 4.88 Å². The second kappa shape index (κ2) is 10.2. The van der Waals surface area contributed by atoms with Gasteiger partial charge in [0.1, 0.15) is 0 Å². The minimum Gasteiger partial charge on any atom is -0.356 e. The molecule has 0 aliphatic rings. The SMILES string of the molecule is CCc1cnc(CCNC(=NC)NCCS(=O)(=O)c2ccc(C(C)(C)C)cc2)s1. The van der Waals surface area contributed by atoms with Crippen molar-refractivity contribution in [1.82, 2.24) is 15.6 Å². The van der Waals surface area contributed by atoms with Gasteiger partial charge in [0.15, 0.2) is 15.8 Å². The lowest BCUT2D eigenvalue weighted by atomic mass is 9.87. The molecule has 2 aromatic rings. The van der Waals surface area contributed by atoms with E-state index < -0.39 is 9.84 Å². The molecule has 160 valence electrons. The maximum Gasteiger partial charge on any atom is 0.191 e. The van der Waals surface area contributed by atoms with Gasteiger partial charge in [-0.05, 0) is 29.5 Å². The fraction of sp³-hybridized carbons (Fsp3) is 0.524. The van der Waals surface area contributed by atoms with Gasteiger partial charge in [-0.2, -0.15) is 0 Å². The lowest BCUT2D eigenvalue weighted by molar-refractivity contribution is 0.586. The Hall–Kier alpha value is -1.93. The van der Waals surface area contributed by atoms with Gasteiger partial charge in [0.25, 0.3) is 0 Å². The highest BCUT2D eigenvalue weighted by atomic mass is 32.2. The Balaban J connectivity index is 1.81. The Bertz CT molecular complexity index is 911. The van der Waals surface area contributed by atoms with Crippen molar-refractivity contribution in [3.05, 3.63) is 45.9 Å². The van der Waals surface area contributed by atoms with Crippen molar-refractivity contribution in [2.45, 2.75) is 50.8 Å². The third-order valence-corrected chi connectivity index (χ3v) is 7.48. The number of sulfone groups is 1. The fourth-order valence-corrected chi connectivity index (χ4v) is 4.74. The zero-order valence-corrected chi connectivity index (χ0v) is 19.6. The molecule has 0 unspecified atom stereocenters. The van der Waals surface area contributed by atoms with Crippen LogP contribution in [0.25, 0.3) is 0 Å². The molecule has 0 bridgehead atoms. The summed E-state index contributed by atoms with van der Waals surface area (Å²) in [5.74, 6) is 0.602. The molecular weight excluding hydrogens is 404 g/mol. The first-order chi connectivity index (χ1) is 13.7. The molecule has 29 heavy (non-hydrogen) atoms. The summed E-state index contributed by atoms with van der Waals surface area (Å²) in [5.41, 5.74) is 1.11. The molecule has 0 aliphatic carbocycles. The number of hydrogen-bond acceptors (Lipinski definition) is 5. The van der Waals surface area contributed by atoms with Gasteiger partial charge in [-0.25, -0.2) is 13.4 Å². The number of rotatable bonds is 8. The number of aromatic nitrogens is 1. The van der Waals surface area contributed by atoms with Gasteiger partial charge in [0.2, 0.25) is 0 Å². The van der Waals surface area contributed by atoms with Crippen LogP contribution >= 0.6 is 11.3 Å². The normalized spacial score (nSPS) is 12.8. The largest absolute Gasteiger partial charge is 0.356 e. The standard InChI is InChI=1S/C21H32N4O2S2/c1-6-17-15-25-19(28-17)11-12-23-20(22-5)24-13-14-29(26,27)18-9-7-16(8-10-18)21(2,3)4/h7-10,15H,6,11-14H2,1-5H3,(H2,22,23,24). The van der Waals surface area contributed by atoms with Crippen LogP contribution in [0, 0.1) is 0 Å². The van der Waals surface area contributed by atoms with Gasteiger partial charge in [-0.15, -0.1) is 11.3 Å². The highest BCUT2D eigenvalue weighted by Crippen LogP contribution is 2.23. The molecular formula is C21H32N4O2S2. The third kappa shape index (κ3) is 7.12. The van der Waals surface area contributed by atoms with Crippen molar-refractivity contribution in [1.29, 1.82) is 0 Å². The van der Waals surface area contributed by atoms with E-state index in [9.17, 15) is 8.42 Å². The number of benzene rings is 1. The monoisotopic (exact) mass is 436 g/mol. The molecule has 0 radical (unpaired) electrons. The van der Waals surface area contributed by atoms with Crippen LogP contribution in [-0.4, -0.2) is 45.3 Å². The molecule has 8 heteroatoms. The maximum atomic E-state index is 12.6. The lowest BCUT2D eigenvalue weighted by Gasteiger charge is -2.19. The molecule has 0 fully saturated rings. The third-order valence-electron chi connectivity index (χ3n) is 4.55. The van der Waals surface area contributed by atoms with E-state index >= 15 is 0 Å². The summed E-state index contributed by atoms with van der Waals surface area (Å²) in [6.07, 6.45) is 3.73. The molecule has 1 aromatic heterocycles. The van der Waals surface area contributed by atoms with E-state index in [4.69, 9.17) is 0 Å². The number of thiazole rings is 1. The van der Waals surface area contributed by atoms with Crippen LogP contribution in [0.2, 0.25) is 0 Å². The van der Waals surface area contributed by atoms with Crippen molar-refractivity contribution in [2.75, 3.05) is 25.9 Å². The maximum absolute atomic E-state index is 12.6. The molecule has 0 spiro atoms. The average molecular weight is 437 g/mol. The van der Waals surface area contributed by atoms with Crippen molar-refractivity contribution < 1.29 is 8.42 Å². The number of aliphatic imine (C=N–C) groups is 1. The first kappa shape index (κ1) is 23.3. The first-order valence-corrected chi connectivity index (χ1v) is 12.3. The van der Waals surface area contributed by atoms with Gasteiger partial charge in [0, 0.05) is 37.6 Å². The molecule has 0 saturated carbocycles. The second-order valence-electron chi connectivity index (χ2n) is 7.84. The molecule has 0 amide bonds. The van der Waals surface area contributed by atoms with E-state index in [2.05, 4.69) is 48.3 Å². The molecule has 0 saturated heterocycles. The number of nitrogens with one attached hydrogen (secondary N) is 2. The predicted molar refractivity (Wildman–Crippen MR) is 122 cm³/mol. The van der Waals surface area contributed by atoms with Crippen molar-refractivity contribution >= 4 is 27.1 Å². The Morgan fingerprint density at radius 2 is 1.79 bits per heavy atom. The summed E-state index contributed by atoms with van der Waals surface area (Å²) < 4.78 is 25.2. The second-order valence-corrected chi connectivity index (χ2v) is 11.2. The molecule has 2 N–H and O–H groups in total. The zero-order valence-electron chi connectivity index (χ0n) is 17.9. The van der Waals surface area contributed by atoms with Gasteiger partial charge in [0.05, 0.1) is 15.7 Å². The van der Waals surface area contributed by atoms with Crippen LogP contribution in [0.5, 0.6) is 0 Å². The van der Waals surface area contributed by atoms with E-state index in [1.807, 2.05) is 18.3 Å². The van der Waals surface area contributed by atoms with Crippen molar-refractivity contribution in [2.24, 2.45) is 4.99 Å². The summed E-state index contributed by atoms with van der Waals surface area (Å²) >= 11 is 1.72. The zero-order chi connectivity index (χ0) is 21.5. The molecule has 0 atom stereocenters. The molecule has 2 rings (SSSR count). The molecule has 6 nitrogen and oxygen atoms in total. The van der Waals surface area contributed by atoms with E-state index in [-0.39, 0.29) is 11.2 Å². The Kier molecular flexibility index (Phi) is 8.22. The van der Waals surface area contributed by atoms with E-state index in [0.717, 1.165) is 23.4 Å². The van der Waals surface area contributed by atoms with Crippen molar-refractivity contribution in [3.63, 3.8) is 0 Å². The number of guanidine groups is 1. The highest BCUT2D eigenvalue weighted by molar-refractivity contribution is 7.91. The minimum atomic E-state index is -3.34. The number of aryl methyl sites for hydroxylation is 1. The highest BCUT2D eigenvalue weighted by Gasteiger charge is 2.17. The molecule has 1 heterocycles. The van der Waals surface area contributed by atoms with Crippen LogP contribution < -0.4 is 10.6 Å². The van der Waals surface area contributed by atoms with Crippen molar-refractivity contribution in [3.8, 4) is 0 Å². The van der Waals surface area contributed by atoms with Crippen LogP contribution in [0.4, 0.5) is 0 Å². The summed E-state index contributed by atoms with van der Waals surface area (Å²) in [5, 5.41) is 7.37. The van der Waals surface area contributed by atoms with E-state index in [0.29, 0.717) is 23.9 Å². The fourth-order valence-electron chi connectivity index (χ4n) is 2.72. The topological polar surface area (TPSA) is 83.4 Å². The van der Waals surface area contributed by atoms with Gasteiger partial charge >= 0.3 is 0 Å². The van der Waals surface area contributed by atoms with Crippen LogP contribution in [-0.2, 0) is 28.1 Å². The number of hydrogen-bond donors (Lipinski definition) is 2. The number of nitrogens with zero attached hydrogens (tertiary/aromatic N) is 2. The quantitative estimate of drug-likeness (QED) is 0.490. The lowest BCUT2D eigenvalue weighted by Crippen LogP contribution is -2.40. The minimum absolute atomic E-state index is 0.00124. The molecule has 0 aliphatic heterocycles. The Morgan fingerprint density at radius 1 is 1.14 bits per heavy atom. The summed E-state index contributed by atoms with van der Waals surface area (Å²) in [7, 11) is -1.67. The summed E-state index contributed by atoms with van der Waals surface area (Å²) in [4.78, 5) is 10.2. The smallest absolute Gasteiger partial charge is 0.191 e. The van der Waals surface area contributed by atoms with Crippen LogP contribution in [0.3, 0.4) is 0 Å². The Labute approximate surface area is 178 Å². The van der Waals surface area contributed by atoms with Gasteiger partial charge in [-0.3, -0.25) is 4.99 Å². The predicted octanol–water partition coefficient (Wildman–Crippen LogP) is 3.18. The average Bonchev–Trinajstić information content (AvgIpc) is 3.14. The molecule has 1 aromatic carbocycles. The Morgan fingerprint density at radius 3 is 2.34 bits per heavy atom. The van der Waals surface area contributed by atoms with E-state index in [1.54, 1.807) is 30.5 Å². The van der Waals surface area contributed by atoms with Crippen LogP contribution in [0.15, 0.2) is 40.4 Å². The summed E-state index contributed by atoms with van der Waals surface area (Å²) in [6, 6.07) is 7.18. The first-order valence-electron chi connectivity index (χ1n) is 9.87. The summed E-state index contributed by atoms with van der Waals surface area (Å²) in [6.45, 7) is 9.43. The van der Waals surface area contributed by atoms with Gasteiger partial charge in [-0.1, -0.05) is 39.8 Å². The van der Waals surface area contributed by atoms with Gasteiger partial charge < -0.3 is 10.6 Å². The van der Waals surface area contributed by atoms with Crippen LogP contribution in [0.1, 0.15) is 43.1 Å².